The summed E-state index contributed by atoms with van der Waals surface area (Å²) in [5.41, 5.74) is 5.68. The highest BCUT2D eigenvalue weighted by molar-refractivity contribution is 7.90. The molecular weight excluding hydrogens is 266 g/mol. The molecule has 0 radical (unpaired) electrons. The lowest BCUT2D eigenvalue weighted by atomic mass is 10.2. The Balaban J connectivity index is 4.14. The normalized spacial score (nSPS) is 15.3. The molecule has 0 aliphatic heterocycles. The lowest BCUT2D eigenvalue weighted by Gasteiger charge is -2.24. The molecule has 0 spiro atoms. The molecule has 0 rings (SSSR count). The number of hydrogen-bond donors (Lipinski definition) is 2. The van der Waals surface area contributed by atoms with Gasteiger partial charge in [0.2, 0.25) is 5.91 Å². The van der Waals surface area contributed by atoms with Crippen LogP contribution in [0.4, 0.5) is 0 Å². The number of carbonyl (C=O) groups is 1. The average molecular weight is 293 g/mol. The standard InChI is InChI=1S/C12H27N3O3S/c1-5-15(6-2)9-10(3)14-12(16)11(13)7-8-19(4,17)18/h10-11H,5-9,13H2,1-4H3,(H,14,16). The molecule has 0 heterocycles. The van der Waals surface area contributed by atoms with Crippen LogP contribution in [0.5, 0.6) is 0 Å². The van der Waals surface area contributed by atoms with Gasteiger partial charge in [-0.2, -0.15) is 0 Å². The van der Waals surface area contributed by atoms with Gasteiger partial charge in [-0.3, -0.25) is 4.79 Å². The summed E-state index contributed by atoms with van der Waals surface area (Å²) in [5, 5.41) is 2.81. The van der Waals surface area contributed by atoms with Crippen molar-refractivity contribution in [3.8, 4) is 0 Å². The highest BCUT2D eigenvalue weighted by Gasteiger charge is 2.18. The van der Waals surface area contributed by atoms with Crippen LogP contribution >= 0.6 is 0 Å². The lowest BCUT2D eigenvalue weighted by Crippen LogP contribution is -2.48. The molecule has 1 amide bonds. The van der Waals surface area contributed by atoms with Crippen molar-refractivity contribution in [1.82, 2.24) is 10.2 Å². The largest absolute Gasteiger partial charge is 0.351 e. The van der Waals surface area contributed by atoms with Crippen molar-refractivity contribution < 1.29 is 13.2 Å². The zero-order valence-electron chi connectivity index (χ0n) is 12.3. The highest BCUT2D eigenvalue weighted by Crippen LogP contribution is 1.96. The van der Waals surface area contributed by atoms with E-state index < -0.39 is 15.9 Å². The Bertz CT molecular complexity index is 366. The first-order chi connectivity index (χ1) is 8.69. The van der Waals surface area contributed by atoms with Gasteiger partial charge in [-0.25, -0.2) is 8.42 Å². The number of nitrogens with one attached hydrogen (secondary N) is 1. The number of amides is 1. The summed E-state index contributed by atoms with van der Waals surface area (Å²) < 4.78 is 22.0. The third-order valence-electron chi connectivity index (χ3n) is 2.95. The van der Waals surface area contributed by atoms with Gasteiger partial charge in [0, 0.05) is 18.8 Å². The van der Waals surface area contributed by atoms with Crippen LogP contribution in [0, 0.1) is 0 Å². The Morgan fingerprint density at radius 1 is 1.32 bits per heavy atom. The summed E-state index contributed by atoms with van der Waals surface area (Å²) in [5.74, 6) is -0.352. The molecule has 2 unspecified atom stereocenters. The highest BCUT2D eigenvalue weighted by atomic mass is 32.2. The van der Waals surface area contributed by atoms with Gasteiger partial charge in [0.1, 0.15) is 9.84 Å². The number of nitrogens with zero attached hydrogens (tertiary/aromatic N) is 1. The van der Waals surface area contributed by atoms with E-state index in [4.69, 9.17) is 5.73 Å². The van der Waals surface area contributed by atoms with Crippen molar-refractivity contribution in [3.63, 3.8) is 0 Å². The molecule has 3 N–H and O–H groups in total. The molecular formula is C12H27N3O3S. The Kier molecular flexibility index (Phi) is 8.20. The molecule has 2 atom stereocenters. The molecule has 0 bridgehead atoms. The van der Waals surface area contributed by atoms with Crippen LogP contribution in [-0.4, -0.2) is 63.0 Å². The molecule has 0 saturated heterocycles. The first-order valence-corrected chi connectivity index (χ1v) is 8.71. The van der Waals surface area contributed by atoms with E-state index in [1.54, 1.807) is 0 Å². The van der Waals surface area contributed by atoms with Crippen LogP contribution in [0.2, 0.25) is 0 Å². The molecule has 0 saturated carbocycles. The van der Waals surface area contributed by atoms with Gasteiger partial charge in [0.15, 0.2) is 0 Å². The number of hydrogen-bond acceptors (Lipinski definition) is 5. The zero-order valence-corrected chi connectivity index (χ0v) is 13.2. The fraction of sp³-hybridized carbons (Fsp3) is 0.917. The number of sulfone groups is 1. The monoisotopic (exact) mass is 293 g/mol. The van der Waals surface area contributed by atoms with E-state index in [2.05, 4.69) is 24.1 Å². The Labute approximate surface area is 116 Å². The predicted octanol–water partition coefficient (Wildman–Crippen LogP) is -0.405. The van der Waals surface area contributed by atoms with E-state index in [-0.39, 0.29) is 24.1 Å². The van der Waals surface area contributed by atoms with E-state index >= 15 is 0 Å². The number of likely N-dealkylation sites (N-methyl/N-ethyl adjacent to an activating group) is 1. The fourth-order valence-electron chi connectivity index (χ4n) is 1.74. The Morgan fingerprint density at radius 2 is 1.84 bits per heavy atom. The number of nitrogens with two attached hydrogens (primary N) is 1. The van der Waals surface area contributed by atoms with E-state index in [0.29, 0.717) is 0 Å². The van der Waals surface area contributed by atoms with Gasteiger partial charge >= 0.3 is 0 Å². The SMILES string of the molecule is CCN(CC)CC(C)NC(=O)C(N)CCS(C)(=O)=O. The minimum atomic E-state index is -3.08. The van der Waals surface area contributed by atoms with E-state index in [9.17, 15) is 13.2 Å². The number of rotatable bonds is 9. The number of carbonyl (C=O) groups excluding carboxylic acids is 1. The average Bonchev–Trinajstić information content (AvgIpc) is 2.31. The summed E-state index contributed by atoms with van der Waals surface area (Å²) in [6.07, 6.45) is 1.29. The smallest absolute Gasteiger partial charge is 0.237 e. The van der Waals surface area contributed by atoms with Crippen molar-refractivity contribution in [2.75, 3.05) is 31.6 Å². The van der Waals surface area contributed by atoms with Gasteiger partial charge in [-0.1, -0.05) is 13.8 Å². The molecule has 6 nitrogen and oxygen atoms in total. The summed E-state index contributed by atoms with van der Waals surface area (Å²) in [7, 11) is -3.08. The molecule has 7 heteroatoms. The van der Waals surface area contributed by atoms with E-state index in [1.165, 1.54) is 0 Å². The van der Waals surface area contributed by atoms with Gasteiger partial charge in [0.05, 0.1) is 11.8 Å². The summed E-state index contributed by atoms with van der Waals surface area (Å²) in [6, 6.07) is -0.773. The third kappa shape index (κ3) is 8.96. The van der Waals surface area contributed by atoms with Crippen LogP contribution in [0.3, 0.4) is 0 Å². The topological polar surface area (TPSA) is 92.5 Å². The van der Waals surface area contributed by atoms with Crippen molar-refractivity contribution >= 4 is 15.7 Å². The van der Waals surface area contributed by atoms with Crippen molar-refractivity contribution in [1.29, 1.82) is 0 Å². The molecule has 0 fully saturated rings. The van der Waals surface area contributed by atoms with Gasteiger partial charge in [0.25, 0.3) is 0 Å². The second kappa shape index (κ2) is 8.50. The van der Waals surface area contributed by atoms with E-state index in [1.807, 2.05) is 6.92 Å². The second-order valence-corrected chi connectivity index (χ2v) is 7.18. The molecule has 0 aliphatic rings. The Hall–Kier alpha value is -0.660. The minimum absolute atomic E-state index is 0.00307. The maximum atomic E-state index is 11.8. The molecule has 0 aromatic heterocycles. The first kappa shape index (κ1) is 18.3. The van der Waals surface area contributed by atoms with E-state index in [0.717, 1.165) is 25.9 Å². The Morgan fingerprint density at radius 3 is 2.26 bits per heavy atom. The fourth-order valence-corrected chi connectivity index (χ4v) is 2.42. The maximum absolute atomic E-state index is 11.8. The molecule has 0 aromatic carbocycles. The van der Waals surface area contributed by atoms with Gasteiger partial charge in [-0.05, 0) is 26.4 Å². The second-order valence-electron chi connectivity index (χ2n) is 4.92. The molecule has 0 aliphatic carbocycles. The van der Waals surface area contributed by atoms with Crippen LogP contribution in [-0.2, 0) is 14.6 Å². The van der Waals surface area contributed by atoms with Gasteiger partial charge in [-0.15, -0.1) is 0 Å². The molecule has 19 heavy (non-hydrogen) atoms. The van der Waals surface area contributed by atoms with Crippen LogP contribution < -0.4 is 11.1 Å². The van der Waals surface area contributed by atoms with Crippen molar-refractivity contribution in [3.05, 3.63) is 0 Å². The minimum Gasteiger partial charge on any atom is -0.351 e. The summed E-state index contributed by atoms with van der Waals surface area (Å²) >= 11 is 0. The van der Waals surface area contributed by atoms with Crippen LogP contribution in [0.15, 0.2) is 0 Å². The first-order valence-electron chi connectivity index (χ1n) is 6.65. The van der Waals surface area contributed by atoms with Crippen LogP contribution in [0.1, 0.15) is 27.2 Å². The molecule has 114 valence electrons. The lowest BCUT2D eigenvalue weighted by molar-refractivity contribution is -0.123. The van der Waals surface area contributed by atoms with Crippen molar-refractivity contribution in [2.45, 2.75) is 39.3 Å². The summed E-state index contributed by atoms with van der Waals surface area (Å²) in [6.45, 7) is 8.66. The van der Waals surface area contributed by atoms with Crippen molar-refractivity contribution in [2.24, 2.45) is 5.73 Å². The van der Waals surface area contributed by atoms with Crippen LogP contribution in [0.25, 0.3) is 0 Å². The quantitative estimate of drug-likeness (QED) is 0.603. The summed E-state index contributed by atoms with van der Waals surface area (Å²) in [4.78, 5) is 14.0. The zero-order chi connectivity index (χ0) is 15.1. The third-order valence-corrected chi connectivity index (χ3v) is 3.93. The maximum Gasteiger partial charge on any atom is 0.237 e. The molecule has 0 aromatic rings. The van der Waals surface area contributed by atoms with Gasteiger partial charge < -0.3 is 16.0 Å². The predicted molar refractivity (Wildman–Crippen MR) is 77.7 cm³/mol.